The third-order valence-corrected chi connectivity index (χ3v) is 4.19. The second kappa shape index (κ2) is 5.66. The van der Waals surface area contributed by atoms with Crippen molar-refractivity contribution < 1.29 is 14.4 Å². The number of nitrogens with one attached hydrogen (secondary N) is 1. The average molecular weight is 292 g/mol. The van der Waals surface area contributed by atoms with E-state index in [1.54, 1.807) is 13.8 Å². The molecule has 1 N–H and O–H groups in total. The molecule has 1 saturated heterocycles. The topological polar surface area (TPSA) is 66.5 Å². The van der Waals surface area contributed by atoms with Crippen molar-refractivity contribution in [3.05, 3.63) is 30.3 Å². The number of hydrogen-bond acceptors (Lipinski definition) is 4. The van der Waals surface area contributed by atoms with Crippen molar-refractivity contribution >= 4 is 29.5 Å². The third-order valence-electron chi connectivity index (χ3n) is 3.19. The average Bonchev–Trinajstić information content (AvgIpc) is 2.41. The molecule has 1 aromatic carbocycles. The predicted molar refractivity (Wildman–Crippen MR) is 76.1 cm³/mol. The van der Waals surface area contributed by atoms with Crippen LogP contribution in [0.15, 0.2) is 35.2 Å². The molecule has 0 spiro atoms. The standard InChI is InChI=1S/C14H16N2O3S/c1-14(2)13(19)15-11(17)8-16(14)12(18)9-20-10-6-4-3-5-7-10/h3-7H,8-9H2,1-2H3,(H,15,17,19). The summed E-state index contributed by atoms with van der Waals surface area (Å²) in [7, 11) is 0. The molecule has 0 bridgehead atoms. The van der Waals surface area contributed by atoms with E-state index < -0.39 is 17.4 Å². The summed E-state index contributed by atoms with van der Waals surface area (Å²) in [6, 6.07) is 9.53. The Balaban J connectivity index is 2.04. The summed E-state index contributed by atoms with van der Waals surface area (Å²) in [6.07, 6.45) is 0. The summed E-state index contributed by atoms with van der Waals surface area (Å²) in [5.41, 5.74) is -0.998. The SMILES string of the molecule is CC1(C)C(=O)NC(=O)CN1C(=O)CSc1ccccc1. The Hall–Kier alpha value is -1.82. The minimum Gasteiger partial charge on any atom is -0.318 e. The van der Waals surface area contributed by atoms with Gasteiger partial charge in [0.15, 0.2) is 0 Å². The van der Waals surface area contributed by atoms with Crippen LogP contribution in [0.3, 0.4) is 0 Å². The van der Waals surface area contributed by atoms with Gasteiger partial charge in [0.25, 0.3) is 5.91 Å². The summed E-state index contributed by atoms with van der Waals surface area (Å²) in [5.74, 6) is -0.889. The van der Waals surface area contributed by atoms with Crippen molar-refractivity contribution in [2.24, 2.45) is 0 Å². The molecule has 1 heterocycles. The van der Waals surface area contributed by atoms with Gasteiger partial charge in [-0.1, -0.05) is 18.2 Å². The Morgan fingerprint density at radius 1 is 1.30 bits per heavy atom. The van der Waals surface area contributed by atoms with Crippen LogP contribution in [0.2, 0.25) is 0 Å². The smallest absolute Gasteiger partial charge is 0.252 e. The second-order valence-corrected chi connectivity index (χ2v) is 6.07. The molecule has 0 aliphatic carbocycles. The van der Waals surface area contributed by atoms with Crippen LogP contribution in [-0.4, -0.2) is 40.5 Å². The number of hydrogen-bond donors (Lipinski definition) is 1. The molecule has 20 heavy (non-hydrogen) atoms. The largest absolute Gasteiger partial charge is 0.318 e. The van der Waals surface area contributed by atoms with Crippen molar-refractivity contribution in [1.82, 2.24) is 10.2 Å². The molecule has 1 aliphatic rings. The Bertz CT molecular complexity index is 543. The first-order valence-electron chi connectivity index (χ1n) is 6.24. The van der Waals surface area contributed by atoms with Crippen LogP contribution < -0.4 is 5.32 Å². The maximum absolute atomic E-state index is 12.3. The molecule has 5 nitrogen and oxygen atoms in total. The molecule has 0 aromatic heterocycles. The molecule has 106 valence electrons. The molecule has 6 heteroatoms. The van der Waals surface area contributed by atoms with Crippen molar-refractivity contribution in [3.63, 3.8) is 0 Å². The zero-order valence-electron chi connectivity index (χ0n) is 11.4. The number of amides is 3. The normalized spacial score (nSPS) is 17.8. The zero-order chi connectivity index (χ0) is 14.8. The fourth-order valence-corrected chi connectivity index (χ4v) is 2.72. The van der Waals surface area contributed by atoms with Gasteiger partial charge in [0.05, 0.1) is 5.75 Å². The molecule has 0 atom stereocenters. The number of nitrogens with zero attached hydrogens (tertiary/aromatic N) is 1. The Kier molecular flexibility index (Phi) is 4.13. The summed E-state index contributed by atoms with van der Waals surface area (Å²) < 4.78 is 0. The molecule has 1 fully saturated rings. The second-order valence-electron chi connectivity index (χ2n) is 5.02. The molecule has 0 radical (unpaired) electrons. The number of carbonyl (C=O) groups excluding carboxylic acids is 3. The minimum absolute atomic E-state index is 0.0765. The van der Waals surface area contributed by atoms with E-state index in [9.17, 15) is 14.4 Å². The highest BCUT2D eigenvalue weighted by Gasteiger charge is 2.43. The Morgan fingerprint density at radius 2 is 1.95 bits per heavy atom. The Labute approximate surface area is 121 Å². The van der Waals surface area contributed by atoms with Gasteiger partial charge in [-0.15, -0.1) is 11.8 Å². The third kappa shape index (κ3) is 3.01. The van der Waals surface area contributed by atoms with Gasteiger partial charge >= 0.3 is 0 Å². The number of benzene rings is 1. The van der Waals surface area contributed by atoms with E-state index in [-0.39, 0.29) is 18.2 Å². The van der Waals surface area contributed by atoms with Crippen molar-refractivity contribution in [3.8, 4) is 0 Å². The highest BCUT2D eigenvalue weighted by atomic mass is 32.2. The summed E-state index contributed by atoms with van der Waals surface area (Å²) in [6.45, 7) is 3.20. The maximum atomic E-state index is 12.3. The Morgan fingerprint density at radius 3 is 2.60 bits per heavy atom. The maximum Gasteiger partial charge on any atom is 0.252 e. The van der Waals surface area contributed by atoms with Crippen molar-refractivity contribution in [1.29, 1.82) is 0 Å². The van der Waals surface area contributed by atoms with Crippen molar-refractivity contribution in [2.75, 3.05) is 12.3 Å². The van der Waals surface area contributed by atoms with Gasteiger partial charge in [0.1, 0.15) is 12.1 Å². The number of carbonyl (C=O) groups is 3. The molecular weight excluding hydrogens is 276 g/mol. The van der Waals surface area contributed by atoms with E-state index in [0.29, 0.717) is 0 Å². The molecule has 0 saturated carbocycles. The summed E-state index contributed by atoms with van der Waals surface area (Å²) in [4.78, 5) is 37.8. The van der Waals surface area contributed by atoms with Crippen LogP contribution in [0, 0.1) is 0 Å². The number of rotatable bonds is 3. The fraction of sp³-hybridized carbons (Fsp3) is 0.357. The van der Waals surface area contributed by atoms with E-state index >= 15 is 0 Å². The van der Waals surface area contributed by atoms with Crippen LogP contribution in [-0.2, 0) is 14.4 Å². The first-order chi connectivity index (χ1) is 9.41. The van der Waals surface area contributed by atoms with Gasteiger partial charge in [-0.3, -0.25) is 19.7 Å². The highest BCUT2D eigenvalue weighted by molar-refractivity contribution is 8.00. The van der Waals surface area contributed by atoms with Gasteiger partial charge in [-0.05, 0) is 26.0 Å². The molecule has 2 rings (SSSR count). The predicted octanol–water partition coefficient (Wildman–Crippen LogP) is 1.04. The first kappa shape index (κ1) is 14.6. The van der Waals surface area contributed by atoms with Crippen LogP contribution >= 0.6 is 11.8 Å². The van der Waals surface area contributed by atoms with Crippen LogP contribution in [0.4, 0.5) is 0 Å². The number of thioether (sulfide) groups is 1. The summed E-state index contributed by atoms with van der Waals surface area (Å²) >= 11 is 1.39. The lowest BCUT2D eigenvalue weighted by molar-refractivity contribution is -0.154. The lowest BCUT2D eigenvalue weighted by Crippen LogP contribution is -2.65. The number of imide groups is 1. The van der Waals surface area contributed by atoms with E-state index in [0.717, 1.165) is 4.90 Å². The van der Waals surface area contributed by atoms with Crippen LogP contribution in [0.25, 0.3) is 0 Å². The van der Waals surface area contributed by atoms with E-state index in [1.165, 1.54) is 16.7 Å². The molecule has 0 unspecified atom stereocenters. The van der Waals surface area contributed by atoms with Gasteiger partial charge in [0.2, 0.25) is 11.8 Å². The molecule has 3 amide bonds. The van der Waals surface area contributed by atoms with Gasteiger partial charge in [-0.2, -0.15) is 0 Å². The quantitative estimate of drug-likeness (QED) is 0.668. The van der Waals surface area contributed by atoms with Crippen LogP contribution in [0.5, 0.6) is 0 Å². The van der Waals surface area contributed by atoms with E-state index in [1.807, 2.05) is 30.3 Å². The lowest BCUT2D eigenvalue weighted by Gasteiger charge is -2.40. The first-order valence-corrected chi connectivity index (χ1v) is 7.22. The molecule has 1 aliphatic heterocycles. The summed E-state index contributed by atoms with van der Waals surface area (Å²) in [5, 5.41) is 2.25. The molecule has 1 aromatic rings. The zero-order valence-corrected chi connectivity index (χ0v) is 12.2. The highest BCUT2D eigenvalue weighted by Crippen LogP contribution is 2.22. The number of piperazine rings is 1. The van der Waals surface area contributed by atoms with Gasteiger partial charge < -0.3 is 4.90 Å². The molecular formula is C14H16N2O3S. The van der Waals surface area contributed by atoms with Gasteiger partial charge in [-0.25, -0.2) is 0 Å². The van der Waals surface area contributed by atoms with Gasteiger partial charge in [0, 0.05) is 4.90 Å². The van der Waals surface area contributed by atoms with Crippen LogP contribution in [0.1, 0.15) is 13.8 Å². The fourth-order valence-electron chi connectivity index (χ4n) is 1.92. The van der Waals surface area contributed by atoms with Crippen molar-refractivity contribution in [2.45, 2.75) is 24.3 Å². The minimum atomic E-state index is -0.998. The van der Waals surface area contributed by atoms with E-state index in [2.05, 4.69) is 5.32 Å². The monoisotopic (exact) mass is 292 g/mol. The lowest BCUT2D eigenvalue weighted by atomic mass is 9.99. The van der Waals surface area contributed by atoms with E-state index in [4.69, 9.17) is 0 Å².